The third-order valence-electron chi connectivity index (χ3n) is 3.12. The third kappa shape index (κ3) is 2.79. The Labute approximate surface area is 110 Å². The van der Waals surface area contributed by atoms with E-state index in [4.69, 9.17) is 17.3 Å². The molecule has 0 atom stereocenters. The molecule has 6 heteroatoms. The van der Waals surface area contributed by atoms with Crippen LogP contribution in [0.4, 0.5) is 0 Å². The van der Waals surface area contributed by atoms with Crippen molar-refractivity contribution in [2.45, 2.75) is 12.8 Å². The number of piperidine rings is 1. The van der Waals surface area contributed by atoms with Gasteiger partial charge in [0.25, 0.3) is 5.91 Å². The smallest absolute Gasteiger partial charge is 0.272 e. The molecule has 18 heavy (non-hydrogen) atoms. The van der Waals surface area contributed by atoms with Crippen molar-refractivity contribution in [1.82, 2.24) is 9.88 Å². The Hall–Kier alpha value is -1.62. The van der Waals surface area contributed by atoms with E-state index < -0.39 is 0 Å². The zero-order chi connectivity index (χ0) is 13.1. The highest BCUT2D eigenvalue weighted by molar-refractivity contribution is 6.29. The number of rotatable bonds is 2. The van der Waals surface area contributed by atoms with Crippen molar-refractivity contribution in [2.24, 2.45) is 11.7 Å². The molecule has 1 fully saturated rings. The van der Waals surface area contributed by atoms with Gasteiger partial charge in [0.05, 0.1) is 0 Å². The van der Waals surface area contributed by atoms with Crippen molar-refractivity contribution in [1.29, 1.82) is 0 Å². The Kier molecular flexibility index (Phi) is 3.81. The lowest BCUT2D eigenvalue weighted by molar-refractivity contribution is -0.123. The van der Waals surface area contributed by atoms with E-state index in [1.54, 1.807) is 23.1 Å². The van der Waals surface area contributed by atoms with Crippen LogP contribution in [0.2, 0.25) is 5.15 Å². The fourth-order valence-electron chi connectivity index (χ4n) is 2.06. The highest BCUT2D eigenvalue weighted by Gasteiger charge is 2.26. The van der Waals surface area contributed by atoms with Gasteiger partial charge in [-0.25, -0.2) is 4.98 Å². The summed E-state index contributed by atoms with van der Waals surface area (Å²) in [6.45, 7) is 1.06. The summed E-state index contributed by atoms with van der Waals surface area (Å²) in [6.07, 6.45) is 1.23. The fraction of sp³-hybridized carbons (Fsp3) is 0.417. The highest BCUT2D eigenvalue weighted by Crippen LogP contribution is 2.18. The molecule has 0 spiro atoms. The fourth-order valence-corrected chi connectivity index (χ4v) is 2.22. The quantitative estimate of drug-likeness (QED) is 0.815. The molecule has 5 nitrogen and oxygen atoms in total. The predicted octanol–water partition coefficient (Wildman–Crippen LogP) is 1.07. The molecule has 1 aliphatic heterocycles. The molecule has 0 saturated carbocycles. The van der Waals surface area contributed by atoms with Gasteiger partial charge in [0, 0.05) is 19.0 Å². The molecule has 1 aromatic heterocycles. The minimum atomic E-state index is -0.289. The summed E-state index contributed by atoms with van der Waals surface area (Å²) < 4.78 is 0. The average molecular weight is 268 g/mol. The zero-order valence-electron chi connectivity index (χ0n) is 9.80. The maximum absolute atomic E-state index is 12.1. The summed E-state index contributed by atoms with van der Waals surface area (Å²) in [6, 6.07) is 4.95. The van der Waals surface area contributed by atoms with E-state index in [0.717, 1.165) is 0 Å². The van der Waals surface area contributed by atoms with Crippen LogP contribution >= 0.6 is 11.6 Å². The van der Waals surface area contributed by atoms with Gasteiger partial charge in [-0.1, -0.05) is 17.7 Å². The van der Waals surface area contributed by atoms with Gasteiger partial charge in [0.2, 0.25) is 5.91 Å². The maximum Gasteiger partial charge on any atom is 0.272 e. The van der Waals surface area contributed by atoms with Gasteiger partial charge in [-0.05, 0) is 25.0 Å². The highest BCUT2D eigenvalue weighted by atomic mass is 35.5. The van der Waals surface area contributed by atoms with E-state index in [0.29, 0.717) is 36.8 Å². The van der Waals surface area contributed by atoms with E-state index in [1.165, 1.54) is 0 Å². The van der Waals surface area contributed by atoms with Crippen LogP contribution in [0.1, 0.15) is 23.3 Å². The molecular formula is C12H14ClN3O2. The van der Waals surface area contributed by atoms with Gasteiger partial charge >= 0.3 is 0 Å². The van der Waals surface area contributed by atoms with Gasteiger partial charge in [-0.2, -0.15) is 0 Å². The number of primary amides is 1. The molecule has 0 bridgehead atoms. The molecule has 1 aliphatic rings. The van der Waals surface area contributed by atoms with E-state index in [9.17, 15) is 9.59 Å². The minimum Gasteiger partial charge on any atom is -0.369 e. The SMILES string of the molecule is NC(=O)C1CCN(C(=O)c2cccc(Cl)n2)CC1. The first-order chi connectivity index (χ1) is 8.58. The van der Waals surface area contributed by atoms with Gasteiger partial charge in [-0.3, -0.25) is 9.59 Å². The minimum absolute atomic E-state index is 0.124. The zero-order valence-corrected chi connectivity index (χ0v) is 10.6. The third-order valence-corrected chi connectivity index (χ3v) is 3.33. The van der Waals surface area contributed by atoms with Crippen molar-refractivity contribution < 1.29 is 9.59 Å². The summed E-state index contributed by atoms with van der Waals surface area (Å²) in [5.74, 6) is -0.565. The van der Waals surface area contributed by atoms with Crippen molar-refractivity contribution >= 4 is 23.4 Å². The first-order valence-corrected chi connectivity index (χ1v) is 6.17. The topological polar surface area (TPSA) is 76.3 Å². The van der Waals surface area contributed by atoms with Gasteiger partial charge in [0.1, 0.15) is 10.8 Å². The molecule has 2 heterocycles. The van der Waals surface area contributed by atoms with E-state index in [1.807, 2.05) is 0 Å². The molecule has 96 valence electrons. The largest absolute Gasteiger partial charge is 0.369 e. The Morgan fingerprint density at radius 2 is 2.00 bits per heavy atom. The van der Waals surface area contributed by atoms with Crippen molar-refractivity contribution in [3.63, 3.8) is 0 Å². The molecule has 2 amide bonds. The van der Waals surface area contributed by atoms with E-state index in [2.05, 4.69) is 4.98 Å². The lowest BCUT2D eigenvalue weighted by Crippen LogP contribution is -2.42. The second-order valence-corrected chi connectivity index (χ2v) is 4.70. The van der Waals surface area contributed by atoms with Crippen LogP contribution in [0.3, 0.4) is 0 Å². The molecule has 2 rings (SSSR count). The standard InChI is InChI=1S/C12H14ClN3O2/c13-10-3-1-2-9(15-10)12(18)16-6-4-8(5-7-16)11(14)17/h1-3,8H,4-7H2,(H2,14,17). The molecule has 0 unspecified atom stereocenters. The van der Waals surface area contributed by atoms with Crippen molar-refractivity contribution in [3.8, 4) is 0 Å². The van der Waals surface area contributed by atoms with Crippen LogP contribution in [-0.4, -0.2) is 34.8 Å². The molecule has 2 N–H and O–H groups in total. The molecule has 0 aromatic carbocycles. The summed E-state index contributed by atoms with van der Waals surface area (Å²) in [5.41, 5.74) is 5.58. The van der Waals surface area contributed by atoms with Crippen LogP contribution in [-0.2, 0) is 4.79 Å². The molecule has 0 radical (unpaired) electrons. The Balaban J connectivity index is 2.02. The normalized spacial score (nSPS) is 16.6. The molecular weight excluding hydrogens is 254 g/mol. The second kappa shape index (κ2) is 5.35. The van der Waals surface area contributed by atoms with E-state index >= 15 is 0 Å². The monoisotopic (exact) mass is 267 g/mol. The maximum atomic E-state index is 12.1. The number of nitrogens with zero attached hydrogens (tertiary/aromatic N) is 2. The van der Waals surface area contributed by atoms with Crippen LogP contribution in [0.25, 0.3) is 0 Å². The number of halogens is 1. The van der Waals surface area contributed by atoms with Crippen LogP contribution in [0, 0.1) is 5.92 Å². The van der Waals surface area contributed by atoms with Crippen molar-refractivity contribution in [2.75, 3.05) is 13.1 Å². The number of nitrogens with two attached hydrogens (primary N) is 1. The predicted molar refractivity (Wildman–Crippen MR) is 67.1 cm³/mol. The lowest BCUT2D eigenvalue weighted by Gasteiger charge is -2.30. The number of pyridine rings is 1. The van der Waals surface area contributed by atoms with Gasteiger partial charge in [0.15, 0.2) is 0 Å². The first-order valence-electron chi connectivity index (χ1n) is 5.79. The Morgan fingerprint density at radius 1 is 1.33 bits per heavy atom. The summed E-state index contributed by atoms with van der Waals surface area (Å²) in [7, 11) is 0. The van der Waals surface area contributed by atoms with Crippen LogP contribution in [0.15, 0.2) is 18.2 Å². The summed E-state index contributed by atoms with van der Waals surface area (Å²) in [4.78, 5) is 28.8. The van der Waals surface area contributed by atoms with Crippen LogP contribution in [0.5, 0.6) is 0 Å². The van der Waals surface area contributed by atoms with Crippen LogP contribution < -0.4 is 5.73 Å². The van der Waals surface area contributed by atoms with E-state index in [-0.39, 0.29) is 17.7 Å². The van der Waals surface area contributed by atoms with Gasteiger partial charge < -0.3 is 10.6 Å². The first kappa shape index (κ1) is 12.8. The number of amides is 2. The second-order valence-electron chi connectivity index (χ2n) is 4.31. The number of aromatic nitrogens is 1. The molecule has 1 saturated heterocycles. The lowest BCUT2D eigenvalue weighted by atomic mass is 9.96. The number of likely N-dealkylation sites (tertiary alicyclic amines) is 1. The number of hydrogen-bond donors (Lipinski definition) is 1. The summed E-state index contributed by atoms with van der Waals surface area (Å²) >= 11 is 5.75. The number of carbonyl (C=O) groups is 2. The average Bonchev–Trinajstić information content (AvgIpc) is 2.38. The Morgan fingerprint density at radius 3 is 2.56 bits per heavy atom. The Bertz CT molecular complexity index is 470. The van der Waals surface area contributed by atoms with Crippen molar-refractivity contribution in [3.05, 3.63) is 29.0 Å². The number of carbonyl (C=O) groups excluding carboxylic acids is 2. The number of hydrogen-bond acceptors (Lipinski definition) is 3. The summed E-state index contributed by atoms with van der Waals surface area (Å²) in [5, 5.41) is 0.299. The molecule has 0 aliphatic carbocycles. The van der Waals surface area contributed by atoms with Gasteiger partial charge in [-0.15, -0.1) is 0 Å². The molecule has 1 aromatic rings.